The zero-order valence-electron chi connectivity index (χ0n) is 28.6. The Kier molecular flexibility index (Phi) is 10.3. The maximum absolute atomic E-state index is 13.4. The number of esters is 1. The van der Waals surface area contributed by atoms with Crippen LogP contribution in [0.4, 0.5) is 11.4 Å². The number of nitrogens with zero attached hydrogens (tertiary/aromatic N) is 5. The number of hydrogen-bond donors (Lipinski definition) is 1. The van der Waals surface area contributed by atoms with E-state index in [9.17, 15) is 9.59 Å². The minimum Gasteiger partial charge on any atom is -0.459 e. The van der Waals surface area contributed by atoms with Crippen LogP contribution in [-0.2, 0) is 22.4 Å². The number of aromatic nitrogens is 3. The highest BCUT2D eigenvalue weighted by Crippen LogP contribution is 2.45. The molecule has 1 aliphatic carbocycles. The minimum atomic E-state index is -0.480. The van der Waals surface area contributed by atoms with Crippen molar-refractivity contribution in [2.24, 2.45) is 0 Å². The zero-order valence-corrected chi connectivity index (χ0v) is 28.6. The van der Waals surface area contributed by atoms with Gasteiger partial charge < -0.3 is 24.7 Å². The number of amides is 1. The highest BCUT2D eigenvalue weighted by Gasteiger charge is 2.29. The molecule has 1 saturated carbocycles. The SMILES string of the molecule is C=CC(=O)Nc1cc(Cc2ncc(C(=O)OC(C)C)c(-c3cn(OC)c4c(C5CC5)cccc34)n2)c(CC)cc1N(C)CCN(C)C. The number of carbonyl (C=O) groups excluding carboxylic acids is 2. The van der Waals surface area contributed by atoms with Crippen LogP contribution in [-0.4, -0.2) is 78.9 Å². The number of benzene rings is 2. The molecule has 248 valence electrons. The van der Waals surface area contributed by atoms with Crippen LogP contribution >= 0.6 is 0 Å². The van der Waals surface area contributed by atoms with Gasteiger partial charge in [-0.05, 0) is 88.0 Å². The Balaban J connectivity index is 1.62. The largest absolute Gasteiger partial charge is 0.459 e. The molecular weight excluding hydrogens is 592 g/mol. The molecule has 0 aliphatic heterocycles. The number of aryl methyl sites for hydroxylation is 1. The van der Waals surface area contributed by atoms with Gasteiger partial charge in [0.25, 0.3) is 0 Å². The number of hydrogen-bond acceptors (Lipinski definition) is 8. The molecule has 0 bridgehead atoms. The number of carbonyl (C=O) groups is 2. The zero-order chi connectivity index (χ0) is 33.8. The predicted molar refractivity (Wildman–Crippen MR) is 187 cm³/mol. The van der Waals surface area contributed by atoms with Crippen LogP contribution in [0.1, 0.15) is 72.4 Å². The molecule has 10 heteroatoms. The summed E-state index contributed by atoms with van der Waals surface area (Å²) in [4.78, 5) is 45.7. The fourth-order valence-corrected chi connectivity index (χ4v) is 5.88. The summed E-state index contributed by atoms with van der Waals surface area (Å²) >= 11 is 0. The first-order valence-electron chi connectivity index (χ1n) is 16.2. The Hall–Kier alpha value is -4.70. The Morgan fingerprint density at radius 3 is 2.55 bits per heavy atom. The lowest BCUT2D eigenvalue weighted by Crippen LogP contribution is -2.29. The van der Waals surface area contributed by atoms with Crippen molar-refractivity contribution in [1.82, 2.24) is 19.6 Å². The molecule has 1 N–H and O–H groups in total. The molecule has 47 heavy (non-hydrogen) atoms. The van der Waals surface area contributed by atoms with Gasteiger partial charge in [-0.3, -0.25) is 4.79 Å². The fourth-order valence-electron chi connectivity index (χ4n) is 5.88. The molecule has 0 spiro atoms. The molecule has 2 heterocycles. The first-order chi connectivity index (χ1) is 22.5. The highest BCUT2D eigenvalue weighted by atomic mass is 16.6. The van der Waals surface area contributed by atoms with Crippen molar-refractivity contribution < 1.29 is 19.2 Å². The van der Waals surface area contributed by atoms with E-state index in [1.807, 2.05) is 53.3 Å². The average Bonchev–Trinajstić information content (AvgIpc) is 3.83. The summed E-state index contributed by atoms with van der Waals surface area (Å²) in [5.74, 6) is 0.276. The Morgan fingerprint density at radius 1 is 1.15 bits per heavy atom. The van der Waals surface area contributed by atoms with Crippen LogP contribution in [0.15, 0.2) is 55.4 Å². The third-order valence-electron chi connectivity index (χ3n) is 8.48. The summed E-state index contributed by atoms with van der Waals surface area (Å²) in [6, 6.07) is 10.4. The van der Waals surface area contributed by atoms with Crippen molar-refractivity contribution in [3.8, 4) is 11.3 Å². The average molecular weight is 639 g/mol. The van der Waals surface area contributed by atoms with E-state index in [0.717, 1.165) is 65.6 Å². The predicted octanol–water partition coefficient (Wildman–Crippen LogP) is 5.87. The molecule has 0 radical (unpaired) electrons. The molecule has 0 atom stereocenters. The molecule has 1 fully saturated rings. The second kappa shape index (κ2) is 14.4. The Labute approximate surface area is 277 Å². The Bertz CT molecular complexity index is 1790. The van der Waals surface area contributed by atoms with Gasteiger partial charge in [0.1, 0.15) is 18.5 Å². The molecule has 0 saturated heterocycles. The van der Waals surface area contributed by atoms with Crippen LogP contribution in [0.2, 0.25) is 0 Å². The van der Waals surface area contributed by atoms with E-state index in [1.54, 1.807) is 18.0 Å². The second-order valence-corrected chi connectivity index (χ2v) is 12.7. The van der Waals surface area contributed by atoms with Crippen LogP contribution in [0, 0.1) is 0 Å². The van der Waals surface area contributed by atoms with E-state index < -0.39 is 5.97 Å². The van der Waals surface area contributed by atoms with Crippen molar-refractivity contribution >= 4 is 34.2 Å². The lowest BCUT2D eigenvalue weighted by molar-refractivity contribution is -0.111. The lowest BCUT2D eigenvalue weighted by Gasteiger charge is -2.26. The first kappa shape index (κ1) is 33.7. The number of para-hydroxylation sites is 1. The third-order valence-corrected chi connectivity index (χ3v) is 8.48. The topological polar surface area (TPSA) is 102 Å². The second-order valence-electron chi connectivity index (χ2n) is 12.7. The van der Waals surface area contributed by atoms with Crippen LogP contribution in [0.5, 0.6) is 0 Å². The molecule has 1 amide bonds. The van der Waals surface area contributed by atoms with Crippen LogP contribution < -0.4 is 15.1 Å². The van der Waals surface area contributed by atoms with Gasteiger partial charge in [0.2, 0.25) is 5.91 Å². The first-order valence-corrected chi connectivity index (χ1v) is 16.2. The molecular formula is C37H46N6O4. The summed E-state index contributed by atoms with van der Waals surface area (Å²) < 4.78 is 7.40. The number of ether oxygens (including phenoxy) is 1. The quantitative estimate of drug-likeness (QED) is 0.135. The Morgan fingerprint density at radius 2 is 1.91 bits per heavy atom. The van der Waals surface area contributed by atoms with E-state index in [0.29, 0.717) is 35.1 Å². The van der Waals surface area contributed by atoms with Gasteiger partial charge in [-0.2, -0.15) is 4.73 Å². The van der Waals surface area contributed by atoms with Gasteiger partial charge in [0.05, 0.1) is 34.9 Å². The summed E-state index contributed by atoms with van der Waals surface area (Å²) in [5, 5.41) is 3.96. The lowest BCUT2D eigenvalue weighted by atomic mass is 9.98. The van der Waals surface area contributed by atoms with Gasteiger partial charge in [-0.15, -0.1) is 0 Å². The molecule has 2 aromatic carbocycles. The number of nitrogens with one attached hydrogen (secondary N) is 1. The standard InChI is InChI=1S/C37H46N6O4/c1-9-24-19-32(42(7)17-16-41(5)6)31(39-34(44)10-2)18-26(24)20-33-38-21-29(37(45)47-23(3)4)35(40-33)30-22-43(46-8)36-27(25-14-15-25)12-11-13-28(30)36/h10-13,18-19,21-23,25H,2,9,14-17,20H2,1,3-8H3,(H,39,44). The molecule has 5 rings (SSSR count). The van der Waals surface area contributed by atoms with Crippen LogP contribution in [0.25, 0.3) is 22.2 Å². The minimum absolute atomic E-state index is 0.283. The maximum atomic E-state index is 13.4. The van der Waals surface area contributed by atoms with Crippen molar-refractivity contribution in [3.05, 3.63) is 83.5 Å². The summed E-state index contributed by atoms with van der Waals surface area (Å²) in [7, 11) is 7.74. The normalized spacial score (nSPS) is 12.9. The van der Waals surface area contributed by atoms with Gasteiger partial charge in [-0.25, -0.2) is 14.8 Å². The van der Waals surface area contributed by atoms with Gasteiger partial charge in [-0.1, -0.05) is 31.7 Å². The molecule has 10 nitrogen and oxygen atoms in total. The van der Waals surface area contributed by atoms with Crippen molar-refractivity contribution in [1.29, 1.82) is 0 Å². The number of likely N-dealkylation sites (N-methyl/N-ethyl adjacent to an activating group) is 2. The monoisotopic (exact) mass is 638 g/mol. The van der Waals surface area contributed by atoms with Gasteiger partial charge >= 0.3 is 5.97 Å². The molecule has 2 aromatic heterocycles. The number of anilines is 2. The van der Waals surface area contributed by atoms with E-state index in [2.05, 4.69) is 51.8 Å². The molecule has 4 aromatic rings. The van der Waals surface area contributed by atoms with Crippen molar-refractivity contribution in [2.75, 3.05) is 51.6 Å². The number of rotatable bonds is 14. The summed E-state index contributed by atoms with van der Waals surface area (Å²) in [6.45, 7) is 11.0. The van der Waals surface area contributed by atoms with Crippen molar-refractivity contribution in [3.63, 3.8) is 0 Å². The van der Waals surface area contributed by atoms with Gasteiger partial charge in [0.15, 0.2) is 0 Å². The fraction of sp³-hybridized carbons (Fsp3) is 0.405. The maximum Gasteiger partial charge on any atom is 0.342 e. The number of fused-ring (bicyclic) bond motifs is 1. The van der Waals surface area contributed by atoms with Crippen molar-refractivity contribution in [2.45, 2.75) is 58.5 Å². The van der Waals surface area contributed by atoms with Gasteiger partial charge in [0, 0.05) is 43.7 Å². The molecule has 1 aliphatic rings. The van der Waals surface area contributed by atoms with E-state index in [1.165, 1.54) is 11.6 Å². The summed E-state index contributed by atoms with van der Waals surface area (Å²) in [6.07, 6.45) is 7.89. The summed E-state index contributed by atoms with van der Waals surface area (Å²) in [5.41, 5.74) is 7.49. The van der Waals surface area contributed by atoms with E-state index >= 15 is 0 Å². The molecule has 0 unspecified atom stereocenters. The highest BCUT2D eigenvalue weighted by molar-refractivity contribution is 6.04. The third kappa shape index (κ3) is 7.49. The van der Waals surface area contributed by atoms with E-state index in [-0.39, 0.29) is 12.0 Å². The smallest absolute Gasteiger partial charge is 0.342 e. The van der Waals surface area contributed by atoms with Crippen LogP contribution in [0.3, 0.4) is 0 Å². The van der Waals surface area contributed by atoms with E-state index in [4.69, 9.17) is 14.6 Å².